The smallest absolute Gasteiger partial charge is 0.337 e. The van der Waals surface area contributed by atoms with Gasteiger partial charge in [0.05, 0.1) is 58.5 Å². The zero-order chi connectivity index (χ0) is 49.0. The quantitative estimate of drug-likeness (QED) is 0.0787. The number of sulfonamides is 2. The summed E-state index contributed by atoms with van der Waals surface area (Å²) in [6.07, 6.45) is 8.40. The van der Waals surface area contributed by atoms with Crippen LogP contribution in [0.25, 0.3) is 11.3 Å². The Labute approximate surface area is 399 Å². The van der Waals surface area contributed by atoms with E-state index in [2.05, 4.69) is 48.4 Å². The molecule has 4 aromatic heterocycles. The summed E-state index contributed by atoms with van der Waals surface area (Å²) in [4.78, 5) is 35.7. The van der Waals surface area contributed by atoms with Crippen LogP contribution in [0.2, 0.25) is 0 Å². The highest BCUT2D eigenvalue weighted by Gasteiger charge is 2.33. The van der Waals surface area contributed by atoms with Crippen LogP contribution in [0.1, 0.15) is 124 Å². The number of aromatic nitrogens is 6. The average Bonchev–Trinajstić information content (AvgIpc) is 3.90. The number of rotatable bonds is 10. The second kappa shape index (κ2) is 21.8. The Morgan fingerprint density at radius 3 is 1.65 bits per heavy atom. The molecule has 6 heterocycles. The topological polar surface area (TPSA) is 246 Å². The molecule has 2 aliphatic rings. The maximum Gasteiger partial charge on any atom is 0.337 e. The highest BCUT2D eigenvalue weighted by atomic mass is 32.2. The number of anilines is 4. The van der Waals surface area contributed by atoms with Crippen molar-refractivity contribution >= 4 is 66.2 Å². The molecule has 6 N–H and O–H groups in total. The molecule has 0 unspecified atom stereocenters. The van der Waals surface area contributed by atoms with E-state index in [0.29, 0.717) is 18.2 Å². The number of carboxylic acid groups (broad SMARTS) is 1. The van der Waals surface area contributed by atoms with Gasteiger partial charge in [-0.1, -0.05) is 37.1 Å². The Morgan fingerprint density at radius 1 is 0.676 bits per heavy atom. The van der Waals surface area contributed by atoms with Crippen LogP contribution in [0.3, 0.4) is 0 Å². The van der Waals surface area contributed by atoms with Crippen molar-refractivity contribution in [3.8, 4) is 0 Å². The Hall–Kier alpha value is -6.32. The maximum absolute atomic E-state index is 13.7. The molecule has 2 atom stereocenters. The minimum Gasteiger partial charge on any atom is -0.478 e. The molecule has 8 rings (SSSR count). The van der Waals surface area contributed by atoms with E-state index in [0.717, 1.165) is 113 Å². The van der Waals surface area contributed by atoms with Gasteiger partial charge in [-0.05, 0) is 104 Å². The van der Waals surface area contributed by atoms with Gasteiger partial charge in [-0.2, -0.15) is 19.2 Å². The number of carbonyl (C=O) groups is 2. The van der Waals surface area contributed by atoms with Gasteiger partial charge >= 0.3 is 5.97 Å². The summed E-state index contributed by atoms with van der Waals surface area (Å²) >= 11 is 0. The lowest BCUT2D eigenvalue weighted by Gasteiger charge is -2.35. The fourth-order valence-corrected chi connectivity index (χ4v) is 9.50. The number of nitrogens with one attached hydrogen (secondary N) is 5. The number of carboxylic acids is 1. The molecule has 2 aliphatic heterocycles. The van der Waals surface area contributed by atoms with E-state index in [1.54, 1.807) is 35.7 Å². The molecule has 368 valence electrons. The lowest BCUT2D eigenvalue weighted by Crippen LogP contribution is -2.39. The van der Waals surface area contributed by atoms with Crippen LogP contribution in [-0.4, -0.2) is 108 Å². The molecule has 0 radical (unpaired) electrons. The van der Waals surface area contributed by atoms with E-state index < -0.39 is 26.0 Å². The molecule has 0 aliphatic carbocycles. The number of piperidine rings is 2. The Morgan fingerprint density at radius 2 is 1.16 bits per heavy atom. The molecule has 1 amide bonds. The van der Waals surface area contributed by atoms with Crippen LogP contribution in [0.4, 0.5) is 23.0 Å². The van der Waals surface area contributed by atoms with Gasteiger partial charge in [-0.15, -0.1) is 0 Å². The first-order chi connectivity index (χ1) is 31.6. The Bertz CT molecular complexity index is 3040. The van der Waals surface area contributed by atoms with E-state index in [1.807, 2.05) is 57.3 Å². The van der Waals surface area contributed by atoms with Gasteiger partial charge in [-0.3, -0.25) is 14.2 Å². The molecule has 2 fully saturated rings. The summed E-state index contributed by atoms with van der Waals surface area (Å²) in [6, 6.07) is 13.9. The molecule has 68 heavy (non-hydrogen) atoms. The normalized spacial score (nSPS) is 16.1. The van der Waals surface area contributed by atoms with Crippen LogP contribution in [-0.2, 0) is 20.0 Å². The Balaban J connectivity index is 0.000000209. The van der Waals surface area contributed by atoms with Gasteiger partial charge in [0, 0.05) is 55.3 Å². The molecule has 21 heteroatoms. The van der Waals surface area contributed by atoms with Crippen molar-refractivity contribution in [3.05, 3.63) is 105 Å². The molecule has 0 saturated carbocycles. The van der Waals surface area contributed by atoms with Gasteiger partial charge in [0.15, 0.2) is 11.3 Å². The molecule has 19 nitrogen and oxygen atoms in total. The predicted molar refractivity (Wildman–Crippen MR) is 269 cm³/mol. The molecule has 2 aromatic carbocycles. The number of amides is 1. The van der Waals surface area contributed by atoms with Crippen molar-refractivity contribution in [1.82, 2.24) is 39.4 Å². The van der Waals surface area contributed by atoms with Gasteiger partial charge in [0.2, 0.25) is 20.0 Å². The van der Waals surface area contributed by atoms with Gasteiger partial charge in [0.25, 0.3) is 5.91 Å². The van der Waals surface area contributed by atoms with Crippen LogP contribution < -0.4 is 25.4 Å². The number of hydrogen-bond acceptors (Lipinski definition) is 13. The van der Waals surface area contributed by atoms with Crippen molar-refractivity contribution in [2.75, 3.05) is 59.8 Å². The minimum atomic E-state index is -3.53. The molecular formula is C47H66N12O7S2. The number of fused-ring (bicyclic) bond motifs is 2. The maximum atomic E-state index is 13.7. The standard InChI is InChI=1S/C23H30N6O3S.C14H21N5.C9H11NO4S.CH4/c1-14-9-10-18(27-33(5,31)32)17(12-14)23(30)28-11-7-6-8-20(28)19-13-21-25-16(3)15(2)22(24-4)29(21)26-19;1-9-10(2)17-13-8-12(11-6-4-5-7-16-11)18-19(13)14(9)15-3;1-6-3-4-8(10-15(2,13)14)7(5-6)9(11)12;/h9-10,12-13,20,24,27H,6-8,11H2,1-5H3;8,11,15-16H,4-7H2,1-3H3;3-5,10H,1-2H3,(H,11,12);1H4/t20-;11-;;/m00../s1. The third-order valence-electron chi connectivity index (χ3n) is 11.9. The molecular weight excluding hydrogens is 909 g/mol. The number of hydrogen-bond donors (Lipinski definition) is 6. The van der Waals surface area contributed by atoms with Crippen LogP contribution >= 0.6 is 0 Å². The monoisotopic (exact) mass is 974 g/mol. The summed E-state index contributed by atoms with van der Waals surface area (Å²) in [5.74, 6) is 0.533. The number of carbonyl (C=O) groups excluding carboxylic acids is 1. The number of aromatic carboxylic acids is 1. The second-order valence-electron chi connectivity index (χ2n) is 17.2. The highest BCUT2D eigenvalue weighted by Crippen LogP contribution is 2.35. The summed E-state index contributed by atoms with van der Waals surface area (Å²) < 4.78 is 54.0. The van der Waals surface area contributed by atoms with E-state index in [-0.39, 0.29) is 36.3 Å². The van der Waals surface area contributed by atoms with E-state index in [1.165, 1.54) is 25.0 Å². The number of nitrogens with zero attached hydrogens (tertiary/aromatic N) is 7. The predicted octanol–water partition coefficient (Wildman–Crippen LogP) is 7.34. The minimum absolute atomic E-state index is 0. The molecule has 2 saturated heterocycles. The van der Waals surface area contributed by atoms with Crippen LogP contribution in [0.15, 0.2) is 48.5 Å². The summed E-state index contributed by atoms with van der Waals surface area (Å²) in [5.41, 5.74) is 9.99. The largest absolute Gasteiger partial charge is 0.478 e. The van der Waals surface area contributed by atoms with Crippen LogP contribution in [0.5, 0.6) is 0 Å². The van der Waals surface area contributed by atoms with Crippen molar-refractivity contribution < 1.29 is 31.5 Å². The van der Waals surface area contributed by atoms with Crippen molar-refractivity contribution in [3.63, 3.8) is 0 Å². The molecule has 0 spiro atoms. The zero-order valence-electron chi connectivity index (χ0n) is 39.8. The number of benzene rings is 2. The summed E-state index contributed by atoms with van der Waals surface area (Å²) in [6.45, 7) is 13.4. The highest BCUT2D eigenvalue weighted by molar-refractivity contribution is 7.92. The van der Waals surface area contributed by atoms with E-state index in [4.69, 9.17) is 15.3 Å². The van der Waals surface area contributed by atoms with Gasteiger partial charge < -0.3 is 26.0 Å². The summed E-state index contributed by atoms with van der Waals surface area (Å²) in [5, 5.41) is 28.4. The van der Waals surface area contributed by atoms with Gasteiger partial charge in [0.1, 0.15) is 11.6 Å². The second-order valence-corrected chi connectivity index (χ2v) is 20.7. The van der Waals surface area contributed by atoms with Crippen LogP contribution in [0, 0.1) is 41.5 Å². The van der Waals surface area contributed by atoms with Crippen molar-refractivity contribution in [2.24, 2.45) is 0 Å². The molecule has 0 bridgehead atoms. The Kier molecular flexibility index (Phi) is 16.8. The van der Waals surface area contributed by atoms with Crippen molar-refractivity contribution in [2.45, 2.75) is 99.6 Å². The average molecular weight is 975 g/mol. The third kappa shape index (κ3) is 12.4. The first-order valence-corrected chi connectivity index (χ1v) is 25.9. The first kappa shape index (κ1) is 52.6. The SMILES string of the molecule is C.CNc1c(C)c(C)nc2cc([C@@H]3CCCCN3)nn12.CNc1c(C)c(C)nc2cc([C@@H]3CCCCN3C(=O)c3cc(C)ccc3NS(C)(=O)=O)nn12.Cc1ccc(NS(C)(=O)=O)c(C(=O)O)c1. The fraction of sp³-hybridized carbons (Fsp3) is 0.447. The number of aryl methyl sites for hydroxylation is 4. The first-order valence-electron chi connectivity index (χ1n) is 22.1. The van der Waals surface area contributed by atoms with E-state index in [9.17, 15) is 26.4 Å². The van der Waals surface area contributed by atoms with Gasteiger partial charge in [-0.25, -0.2) is 31.6 Å². The van der Waals surface area contributed by atoms with E-state index >= 15 is 0 Å². The molecule has 6 aromatic rings. The lowest BCUT2D eigenvalue weighted by molar-refractivity contribution is 0.0606. The summed E-state index contributed by atoms with van der Waals surface area (Å²) in [7, 11) is -3.20. The number of likely N-dealkylation sites (tertiary alicyclic amines) is 1. The fourth-order valence-electron chi connectivity index (χ4n) is 8.35. The lowest BCUT2D eigenvalue weighted by atomic mass is 9.97. The third-order valence-corrected chi connectivity index (χ3v) is 13.0. The zero-order valence-corrected chi connectivity index (χ0v) is 41.4. The van der Waals surface area contributed by atoms with Crippen molar-refractivity contribution in [1.29, 1.82) is 0 Å².